The molecule has 0 atom stereocenters. The Bertz CT molecular complexity index is 711. The Balaban J connectivity index is 2.05. The first-order valence-corrected chi connectivity index (χ1v) is 11.4. The number of ether oxygens (including phenoxy) is 2. The minimum atomic E-state index is -4.79. The summed E-state index contributed by atoms with van der Waals surface area (Å²) in [4.78, 5) is 0. The Hall–Kier alpha value is -2.00. The Morgan fingerprint density at radius 1 is 1.24 bits per heavy atom. The average Bonchev–Trinajstić information content (AvgIpc) is 2.92. The van der Waals surface area contributed by atoms with Crippen molar-refractivity contribution in [3.63, 3.8) is 0 Å². The van der Waals surface area contributed by atoms with E-state index < -0.39 is 20.2 Å². The summed E-state index contributed by atoms with van der Waals surface area (Å²) < 4.78 is 47.9. The monoisotopic (exact) mass is 374 g/mol. The molecule has 0 fully saturated rings. The van der Waals surface area contributed by atoms with Crippen LogP contribution in [0.1, 0.15) is 0 Å². The van der Waals surface area contributed by atoms with Crippen LogP contribution >= 0.6 is 0 Å². The van der Waals surface area contributed by atoms with Crippen LogP contribution in [0.4, 0.5) is 13.2 Å². The van der Waals surface area contributed by atoms with E-state index in [9.17, 15) is 18.3 Å². The van der Waals surface area contributed by atoms with E-state index in [0.717, 1.165) is 24.2 Å². The first-order valence-electron chi connectivity index (χ1n) is 7.73. The van der Waals surface area contributed by atoms with E-state index in [1.165, 1.54) is 10.9 Å². The van der Waals surface area contributed by atoms with E-state index in [1.807, 2.05) is 0 Å². The molecule has 2 rings (SSSR count). The lowest BCUT2D eigenvalue weighted by Crippen LogP contribution is -2.22. The SMILES string of the molecule is C[Si](C)(C)CCOCn1cc(-c2cc(OC(F)(F)F)ccc2O)cn1. The van der Waals surface area contributed by atoms with Crippen molar-refractivity contribution in [2.75, 3.05) is 6.61 Å². The number of aromatic nitrogens is 2. The maximum Gasteiger partial charge on any atom is 0.573 e. The number of benzene rings is 1. The third-order valence-corrected chi connectivity index (χ3v) is 5.07. The first kappa shape index (κ1) is 19.3. The van der Waals surface area contributed by atoms with Crippen LogP contribution in [0.15, 0.2) is 30.6 Å². The largest absolute Gasteiger partial charge is 0.573 e. The standard InChI is InChI=1S/C16H21F3N2O3Si/c1-25(2,3)7-6-23-11-21-10-12(9-20-21)14-8-13(4-5-15(14)22)24-16(17,18)19/h4-5,8-10,22H,6-7,11H2,1-3H3. The second-order valence-corrected chi connectivity index (χ2v) is 12.5. The van der Waals surface area contributed by atoms with Crippen LogP contribution in [-0.2, 0) is 11.5 Å². The molecule has 0 saturated heterocycles. The van der Waals surface area contributed by atoms with E-state index >= 15 is 0 Å². The molecule has 1 heterocycles. The van der Waals surface area contributed by atoms with Gasteiger partial charge >= 0.3 is 6.36 Å². The van der Waals surface area contributed by atoms with E-state index in [2.05, 4.69) is 29.5 Å². The molecule has 5 nitrogen and oxygen atoms in total. The van der Waals surface area contributed by atoms with Gasteiger partial charge in [0.15, 0.2) is 0 Å². The smallest absolute Gasteiger partial charge is 0.507 e. The number of nitrogens with zero attached hydrogens (tertiary/aromatic N) is 2. The quantitative estimate of drug-likeness (QED) is 0.574. The van der Waals surface area contributed by atoms with Crippen molar-refractivity contribution in [3.8, 4) is 22.6 Å². The second kappa shape index (κ2) is 7.48. The van der Waals surface area contributed by atoms with Gasteiger partial charge in [-0.05, 0) is 24.2 Å². The van der Waals surface area contributed by atoms with Gasteiger partial charge in [-0.1, -0.05) is 19.6 Å². The van der Waals surface area contributed by atoms with Crippen molar-refractivity contribution in [1.29, 1.82) is 0 Å². The fourth-order valence-corrected chi connectivity index (χ4v) is 2.81. The second-order valence-electron chi connectivity index (χ2n) is 6.84. The van der Waals surface area contributed by atoms with Crippen LogP contribution in [0.5, 0.6) is 11.5 Å². The van der Waals surface area contributed by atoms with E-state index in [0.29, 0.717) is 12.2 Å². The van der Waals surface area contributed by atoms with Gasteiger partial charge in [-0.2, -0.15) is 5.10 Å². The lowest BCUT2D eigenvalue weighted by atomic mass is 10.1. The maximum absolute atomic E-state index is 12.3. The van der Waals surface area contributed by atoms with E-state index in [-0.39, 0.29) is 18.0 Å². The summed E-state index contributed by atoms with van der Waals surface area (Å²) in [5, 5.41) is 14.0. The fourth-order valence-electron chi connectivity index (χ4n) is 2.05. The predicted octanol–water partition coefficient (Wildman–Crippen LogP) is 4.47. The molecule has 0 aliphatic rings. The number of alkyl halides is 3. The highest BCUT2D eigenvalue weighted by Crippen LogP contribution is 2.34. The fraction of sp³-hybridized carbons (Fsp3) is 0.438. The van der Waals surface area contributed by atoms with Crippen molar-refractivity contribution in [2.24, 2.45) is 0 Å². The number of hydrogen-bond donors (Lipinski definition) is 1. The van der Waals surface area contributed by atoms with Crippen molar-refractivity contribution < 1.29 is 27.8 Å². The Morgan fingerprint density at radius 3 is 2.60 bits per heavy atom. The minimum Gasteiger partial charge on any atom is -0.507 e. The first-order chi connectivity index (χ1) is 11.5. The molecule has 0 saturated carbocycles. The van der Waals surface area contributed by atoms with Crippen LogP contribution in [0.25, 0.3) is 11.1 Å². The van der Waals surface area contributed by atoms with Crippen LogP contribution in [0, 0.1) is 0 Å². The molecule has 0 unspecified atom stereocenters. The summed E-state index contributed by atoms with van der Waals surface area (Å²) in [6, 6.07) is 4.35. The van der Waals surface area contributed by atoms with Gasteiger partial charge in [-0.15, -0.1) is 13.2 Å². The normalized spacial score (nSPS) is 12.4. The Morgan fingerprint density at radius 2 is 1.96 bits per heavy atom. The summed E-state index contributed by atoms with van der Waals surface area (Å²) in [5.41, 5.74) is 0.675. The molecular weight excluding hydrogens is 353 g/mol. The molecule has 25 heavy (non-hydrogen) atoms. The molecule has 9 heteroatoms. The van der Waals surface area contributed by atoms with Crippen LogP contribution < -0.4 is 4.74 Å². The highest BCUT2D eigenvalue weighted by molar-refractivity contribution is 6.76. The summed E-state index contributed by atoms with van der Waals surface area (Å²) in [5.74, 6) is -0.562. The van der Waals surface area contributed by atoms with Crippen molar-refractivity contribution in [2.45, 2.75) is 38.8 Å². The average molecular weight is 374 g/mol. The van der Waals surface area contributed by atoms with Crippen molar-refractivity contribution >= 4 is 8.07 Å². The van der Waals surface area contributed by atoms with Crippen LogP contribution in [0.2, 0.25) is 25.7 Å². The summed E-state index contributed by atoms with van der Waals surface area (Å²) in [7, 11) is -1.17. The lowest BCUT2D eigenvalue weighted by molar-refractivity contribution is -0.274. The predicted molar refractivity (Wildman–Crippen MR) is 90.1 cm³/mol. The zero-order valence-electron chi connectivity index (χ0n) is 14.3. The summed E-state index contributed by atoms with van der Waals surface area (Å²) in [6.07, 6.45) is -1.74. The van der Waals surface area contributed by atoms with Gasteiger partial charge in [-0.25, -0.2) is 4.68 Å². The minimum absolute atomic E-state index is 0.159. The molecule has 0 aliphatic carbocycles. The van der Waals surface area contributed by atoms with Crippen molar-refractivity contribution in [1.82, 2.24) is 9.78 Å². The zero-order chi connectivity index (χ0) is 18.7. The summed E-state index contributed by atoms with van der Waals surface area (Å²) in [6.45, 7) is 7.62. The molecule has 2 aromatic rings. The van der Waals surface area contributed by atoms with Gasteiger partial charge in [0.05, 0.1) is 6.20 Å². The number of aromatic hydroxyl groups is 1. The molecule has 1 aromatic heterocycles. The lowest BCUT2D eigenvalue weighted by Gasteiger charge is -2.15. The molecule has 1 N–H and O–H groups in total. The van der Waals surface area contributed by atoms with Gasteiger partial charge in [0.25, 0.3) is 0 Å². The number of rotatable bonds is 7. The number of halogens is 3. The third kappa shape index (κ3) is 6.43. The topological polar surface area (TPSA) is 56.5 Å². The highest BCUT2D eigenvalue weighted by Gasteiger charge is 2.31. The zero-order valence-corrected chi connectivity index (χ0v) is 15.3. The van der Waals surface area contributed by atoms with Gasteiger partial charge < -0.3 is 14.6 Å². The van der Waals surface area contributed by atoms with Gasteiger partial charge in [0, 0.05) is 32.0 Å². The van der Waals surface area contributed by atoms with Crippen LogP contribution in [-0.4, -0.2) is 35.9 Å². The molecule has 1 aromatic carbocycles. The van der Waals surface area contributed by atoms with Crippen LogP contribution in [0.3, 0.4) is 0 Å². The molecule has 138 valence electrons. The Labute approximate surface area is 145 Å². The third-order valence-electron chi connectivity index (χ3n) is 3.37. The molecule has 0 radical (unpaired) electrons. The molecular formula is C16H21F3N2O3Si. The summed E-state index contributed by atoms with van der Waals surface area (Å²) >= 11 is 0. The molecule has 0 bridgehead atoms. The van der Waals surface area contributed by atoms with E-state index in [1.54, 1.807) is 6.20 Å². The molecule has 0 spiro atoms. The van der Waals surface area contributed by atoms with Gasteiger partial charge in [-0.3, -0.25) is 0 Å². The Kier molecular flexibility index (Phi) is 5.78. The number of hydrogen-bond acceptors (Lipinski definition) is 4. The van der Waals surface area contributed by atoms with Gasteiger partial charge in [0.2, 0.25) is 0 Å². The van der Waals surface area contributed by atoms with Gasteiger partial charge in [0.1, 0.15) is 18.2 Å². The van der Waals surface area contributed by atoms with E-state index in [4.69, 9.17) is 4.74 Å². The molecule has 0 amide bonds. The maximum atomic E-state index is 12.3. The number of phenols is 1. The van der Waals surface area contributed by atoms with Crippen molar-refractivity contribution in [3.05, 3.63) is 30.6 Å². The molecule has 0 aliphatic heterocycles. The highest BCUT2D eigenvalue weighted by atomic mass is 28.3. The number of phenolic OH excluding ortho intramolecular Hbond substituents is 1.